The lowest BCUT2D eigenvalue weighted by molar-refractivity contribution is -0.139. The lowest BCUT2D eigenvalue weighted by Gasteiger charge is -2.09. The number of aromatic nitrogens is 1. The second-order valence-corrected chi connectivity index (χ2v) is 14.6. The molecule has 62 heavy (non-hydrogen) atoms. The first-order chi connectivity index (χ1) is 29.6. The van der Waals surface area contributed by atoms with Crippen molar-refractivity contribution in [1.29, 1.82) is 0 Å². The van der Waals surface area contributed by atoms with Crippen LogP contribution >= 0.6 is 11.6 Å². The van der Waals surface area contributed by atoms with E-state index in [2.05, 4.69) is 0 Å². The summed E-state index contributed by atoms with van der Waals surface area (Å²) in [7, 11) is 1.54. The standard InChI is InChI=1S/C19H16ClNO4.C16H14O3.C15H13FO2/c1-11-15(10-18(22)23)16-9-14(25-2)7-8-17(16)21(11)19(24)12-3-5-13(20)6-4-12;1-11(16(18)19)13-8-5-9-14(10-13)15(17)12-6-3-2-4-7-12;1-10(15(17)18)12-7-8-13(14(16)9-12)11-5-3-2-4-6-11/h3-9H,10H2,1-2H3,(H,22,23);2-11H,1H3,(H,18,19);2-10H,1H3,(H,17,18). The molecular formula is C50H43ClFNO9. The van der Waals surface area contributed by atoms with E-state index in [1.54, 1.807) is 131 Å². The molecule has 0 spiro atoms. The molecule has 0 bridgehead atoms. The van der Waals surface area contributed by atoms with Crippen molar-refractivity contribution in [2.24, 2.45) is 0 Å². The molecule has 2 unspecified atom stereocenters. The Balaban J connectivity index is 0.000000179. The minimum absolute atomic E-state index is 0.0972. The van der Waals surface area contributed by atoms with Crippen molar-refractivity contribution < 1.29 is 48.4 Å². The Kier molecular flexibility index (Phi) is 15.3. The van der Waals surface area contributed by atoms with Crippen molar-refractivity contribution in [3.8, 4) is 16.9 Å². The third-order valence-corrected chi connectivity index (χ3v) is 10.4. The molecule has 0 saturated carbocycles. The highest BCUT2D eigenvalue weighted by Crippen LogP contribution is 2.31. The number of benzene rings is 6. The average molecular weight is 856 g/mol. The summed E-state index contributed by atoms with van der Waals surface area (Å²) < 4.78 is 20.7. The van der Waals surface area contributed by atoms with Gasteiger partial charge in [-0.15, -0.1) is 0 Å². The predicted octanol–water partition coefficient (Wildman–Crippen LogP) is 10.7. The highest BCUT2D eigenvalue weighted by Gasteiger charge is 2.22. The third kappa shape index (κ3) is 11.1. The van der Waals surface area contributed by atoms with Crippen molar-refractivity contribution in [3.05, 3.63) is 196 Å². The van der Waals surface area contributed by atoms with E-state index >= 15 is 0 Å². The van der Waals surface area contributed by atoms with Gasteiger partial charge in [0.05, 0.1) is 30.9 Å². The molecule has 1 heterocycles. The monoisotopic (exact) mass is 855 g/mol. The number of fused-ring (bicyclic) bond motifs is 1. The van der Waals surface area contributed by atoms with Crippen LogP contribution in [0.5, 0.6) is 5.75 Å². The summed E-state index contributed by atoms with van der Waals surface area (Å²) in [6.07, 6.45) is -0.170. The molecule has 0 aliphatic heterocycles. The average Bonchev–Trinajstić information content (AvgIpc) is 3.55. The summed E-state index contributed by atoms with van der Waals surface area (Å²) in [5.74, 6) is -4.26. The number of carboxylic acids is 3. The Hall–Kier alpha value is -7.37. The smallest absolute Gasteiger partial charge is 0.310 e. The minimum atomic E-state index is -0.957. The molecule has 316 valence electrons. The van der Waals surface area contributed by atoms with Crippen LogP contribution in [0.1, 0.15) is 74.3 Å². The Bertz CT molecular complexity index is 2730. The first-order valence-electron chi connectivity index (χ1n) is 19.3. The van der Waals surface area contributed by atoms with E-state index in [1.165, 1.54) is 10.6 Å². The van der Waals surface area contributed by atoms with E-state index in [9.17, 15) is 33.5 Å². The molecule has 7 aromatic rings. The second kappa shape index (κ2) is 20.7. The molecule has 0 aliphatic carbocycles. The Morgan fingerprint density at radius 3 is 1.81 bits per heavy atom. The highest BCUT2D eigenvalue weighted by atomic mass is 35.5. The number of halogens is 2. The molecule has 7 rings (SSSR count). The molecular weight excluding hydrogens is 813 g/mol. The fraction of sp³-hybridized carbons (Fsp3) is 0.140. The van der Waals surface area contributed by atoms with Gasteiger partial charge in [-0.05, 0) is 97.6 Å². The Labute approximate surface area is 362 Å². The molecule has 1 aromatic heterocycles. The lowest BCUT2D eigenvalue weighted by atomic mass is 9.96. The highest BCUT2D eigenvalue weighted by molar-refractivity contribution is 6.30. The van der Waals surface area contributed by atoms with Crippen LogP contribution in [-0.2, 0) is 20.8 Å². The number of carbonyl (C=O) groups is 5. The van der Waals surface area contributed by atoms with Gasteiger partial charge in [0.2, 0.25) is 0 Å². The number of rotatable bonds is 11. The molecule has 10 nitrogen and oxygen atoms in total. The summed E-state index contributed by atoms with van der Waals surface area (Å²) in [6.45, 7) is 4.90. The zero-order chi connectivity index (χ0) is 45.1. The maximum absolute atomic E-state index is 14.0. The summed E-state index contributed by atoms with van der Waals surface area (Å²) in [5.41, 5.74) is 5.81. The van der Waals surface area contributed by atoms with Crippen LogP contribution in [0.3, 0.4) is 0 Å². The van der Waals surface area contributed by atoms with Gasteiger partial charge in [-0.1, -0.05) is 103 Å². The van der Waals surface area contributed by atoms with Crippen molar-refractivity contribution in [1.82, 2.24) is 4.57 Å². The molecule has 2 atom stereocenters. The number of nitrogens with zero attached hydrogens (tertiary/aromatic N) is 1. The molecule has 0 amide bonds. The first-order valence-corrected chi connectivity index (χ1v) is 19.7. The van der Waals surface area contributed by atoms with Gasteiger partial charge in [-0.2, -0.15) is 0 Å². The van der Waals surface area contributed by atoms with Crippen LogP contribution in [0, 0.1) is 12.7 Å². The zero-order valence-electron chi connectivity index (χ0n) is 34.2. The number of hydrogen-bond acceptors (Lipinski definition) is 6. The Morgan fingerprint density at radius 1 is 0.661 bits per heavy atom. The van der Waals surface area contributed by atoms with Crippen LogP contribution in [0.2, 0.25) is 5.02 Å². The number of aliphatic carboxylic acids is 3. The molecule has 6 aromatic carbocycles. The first kappa shape index (κ1) is 45.7. The molecule has 0 fully saturated rings. The fourth-order valence-electron chi connectivity index (χ4n) is 6.59. The molecule has 0 aliphatic rings. The summed E-state index contributed by atoms with van der Waals surface area (Å²) in [6, 6.07) is 41.3. The molecule has 0 radical (unpaired) electrons. The number of carbonyl (C=O) groups excluding carboxylic acids is 2. The molecule has 0 saturated heterocycles. The second-order valence-electron chi connectivity index (χ2n) is 14.2. The molecule has 3 N–H and O–H groups in total. The van der Waals surface area contributed by atoms with Gasteiger partial charge >= 0.3 is 17.9 Å². The van der Waals surface area contributed by atoms with Gasteiger partial charge in [0, 0.05) is 38.4 Å². The maximum Gasteiger partial charge on any atom is 0.310 e. The van der Waals surface area contributed by atoms with Gasteiger partial charge in [0.25, 0.3) is 5.91 Å². The summed E-state index contributed by atoms with van der Waals surface area (Å²) >= 11 is 5.89. The van der Waals surface area contributed by atoms with E-state index in [-0.39, 0.29) is 18.1 Å². The SMILES string of the molecule is CC(C(=O)O)c1ccc(-c2ccccc2)c(F)c1.CC(C(=O)O)c1cccc(C(=O)c2ccccc2)c1.COc1ccc2c(c1)c(CC(=O)O)c(C)n2C(=O)c1ccc(Cl)cc1. The van der Waals surface area contributed by atoms with E-state index in [0.717, 1.165) is 5.56 Å². The predicted molar refractivity (Wildman–Crippen MR) is 236 cm³/mol. The third-order valence-electron chi connectivity index (χ3n) is 10.2. The van der Waals surface area contributed by atoms with Gasteiger partial charge in [0.15, 0.2) is 5.78 Å². The molecule has 12 heteroatoms. The van der Waals surface area contributed by atoms with E-state index in [1.807, 2.05) is 36.4 Å². The van der Waals surface area contributed by atoms with Crippen LogP contribution in [-0.4, -0.2) is 56.6 Å². The number of methoxy groups -OCH3 is 1. The number of ether oxygens (including phenoxy) is 1. The van der Waals surface area contributed by atoms with Gasteiger partial charge in [0.1, 0.15) is 11.6 Å². The van der Waals surface area contributed by atoms with Crippen LogP contribution < -0.4 is 4.74 Å². The number of ketones is 1. The van der Waals surface area contributed by atoms with Crippen LogP contribution in [0.4, 0.5) is 4.39 Å². The Morgan fingerprint density at radius 2 is 1.24 bits per heavy atom. The maximum atomic E-state index is 14.0. The summed E-state index contributed by atoms with van der Waals surface area (Å²) in [4.78, 5) is 58.3. The van der Waals surface area contributed by atoms with Crippen molar-refractivity contribution >= 4 is 52.1 Å². The van der Waals surface area contributed by atoms with E-state index in [4.69, 9.17) is 26.6 Å². The van der Waals surface area contributed by atoms with Gasteiger partial charge in [-0.25, -0.2) is 4.39 Å². The largest absolute Gasteiger partial charge is 0.497 e. The minimum Gasteiger partial charge on any atom is -0.497 e. The van der Waals surface area contributed by atoms with E-state index in [0.29, 0.717) is 66.3 Å². The number of carboxylic acid groups (broad SMARTS) is 3. The van der Waals surface area contributed by atoms with Crippen LogP contribution in [0.15, 0.2) is 146 Å². The van der Waals surface area contributed by atoms with Gasteiger partial charge < -0.3 is 20.1 Å². The lowest BCUT2D eigenvalue weighted by Crippen LogP contribution is -2.14. The van der Waals surface area contributed by atoms with Crippen molar-refractivity contribution in [2.75, 3.05) is 7.11 Å². The quantitative estimate of drug-likeness (QED) is 0.108. The van der Waals surface area contributed by atoms with Crippen molar-refractivity contribution in [2.45, 2.75) is 39.0 Å². The van der Waals surface area contributed by atoms with Crippen molar-refractivity contribution in [3.63, 3.8) is 0 Å². The van der Waals surface area contributed by atoms with Crippen LogP contribution in [0.25, 0.3) is 22.0 Å². The fourth-order valence-corrected chi connectivity index (χ4v) is 6.72. The van der Waals surface area contributed by atoms with E-state index < -0.39 is 35.6 Å². The van der Waals surface area contributed by atoms with Gasteiger partial charge in [-0.3, -0.25) is 28.5 Å². The summed E-state index contributed by atoms with van der Waals surface area (Å²) in [5, 5.41) is 28.4. The number of hydrogen-bond donors (Lipinski definition) is 3. The topological polar surface area (TPSA) is 160 Å². The zero-order valence-corrected chi connectivity index (χ0v) is 35.0. The normalized spacial score (nSPS) is 11.5.